The number of hydrogen-bond acceptors (Lipinski definition) is 6. The van der Waals surface area contributed by atoms with Gasteiger partial charge in [-0.05, 0) is 31.0 Å². The fraction of sp³-hybridized carbons (Fsp3) is 0.526. The molecule has 1 atom stereocenters. The van der Waals surface area contributed by atoms with Gasteiger partial charge >= 0.3 is 0 Å². The van der Waals surface area contributed by atoms with Crippen LogP contribution in [0.5, 0.6) is 5.75 Å². The minimum Gasteiger partial charge on any atom is -0.497 e. The fourth-order valence-electron chi connectivity index (χ4n) is 3.00. The van der Waals surface area contributed by atoms with Crippen LogP contribution in [-0.2, 0) is 22.4 Å². The SMILES string of the molecule is COc1ccc(Cc2nc(CCC(C)N3CCOCC3)n[nH]2)cc1.O=CO. The second kappa shape index (κ2) is 11.3. The third-order valence-electron chi connectivity index (χ3n) is 4.56. The molecule has 0 spiro atoms. The van der Waals surface area contributed by atoms with Gasteiger partial charge in [0.25, 0.3) is 6.47 Å². The lowest BCUT2D eigenvalue weighted by Gasteiger charge is -2.32. The molecule has 148 valence electrons. The number of nitrogens with one attached hydrogen (secondary N) is 1. The maximum atomic E-state index is 8.36. The summed E-state index contributed by atoms with van der Waals surface area (Å²) in [5.41, 5.74) is 1.19. The second-order valence-electron chi connectivity index (χ2n) is 6.36. The highest BCUT2D eigenvalue weighted by Crippen LogP contribution is 2.14. The van der Waals surface area contributed by atoms with E-state index in [-0.39, 0.29) is 6.47 Å². The Hall–Kier alpha value is -2.45. The number of aromatic nitrogens is 3. The molecular formula is C19H28N4O4. The number of carbonyl (C=O) groups is 1. The number of aromatic amines is 1. The summed E-state index contributed by atoms with van der Waals surface area (Å²) < 4.78 is 10.6. The molecule has 1 aromatic heterocycles. The molecule has 2 heterocycles. The van der Waals surface area contributed by atoms with Crippen molar-refractivity contribution in [3.63, 3.8) is 0 Å². The zero-order valence-corrected chi connectivity index (χ0v) is 15.9. The standard InChI is InChI=1S/C18H26N4O2.CH2O2/c1-14(22-9-11-24-12-10-22)3-8-17-19-18(21-20-17)13-15-4-6-16(23-2)7-5-15;2-1-3/h4-7,14H,3,8-13H2,1-2H3,(H,19,20,21);1H,(H,2,3). The topological polar surface area (TPSA) is 101 Å². The molecule has 8 nitrogen and oxygen atoms in total. The van der Waals surface area contributed by atoms with Crippen molar-refractivity contribution in [2.45, 2.75) is 32.2 Å². The average molecular weight is 376 g/mol. The number of morpholine rings is 1. The van der Waals surface area contributed by atoms with Crippen LogP contribution in [0.1, 0.15) is 30.6 Å². The average Bonchev–Trinajstić information content (AvgIpc) is 3.15. The van der Waals surface area contributed by atoms with Gasteiger partial charge in [0, 0.05) is 32.0 Å². The fourth-order valence-corrected chi connectivity index (χ4v) is 3.00. The Morgan fingerprint density at radius 3 is 2.63 bits per heavy atom. The van der Waals surface area contributed by atoms with E-state index in [1.807, 2.05) is 12.1 Å². The monoisotopic (exact) mass is 376 g/mol. The van der Waals surface area contributed by atoms with Crippen molar-refractivity contribution in [3.05, 3.63) is 41.5 Å². The number of H-pyrrole nitrogens is 1. The lowest BCUT2D eigenvalue weighted by Crippen LogP contribution is -2.42. The van der Waals surface area contributed by atoms with Crippen molar-refractivity contribution in [2.75, 3.05) is 33.4 Å². The van der Waals surface area contributed by atoms with Crippen molar-refractivity contribution in [3.8, 4) is 5.75 Å². The van der Waals surface area contributed by atoms with Gasteiger partial charge < -0.3 is 14.6 Å². The molecule has 0 saturated carbocycles. The first kappa shape index (κ1) is 20.9. The van der Waals surface area contributed by atoms with E-state index in [0.29, 0.717) is 6.04 Å². The van der Waals surface area contributed by atoms with Gasteiger partial charge in [0.15, 0.2) is 5.82 Å². The number of hydrogen-bond donors (Lipinski definition) is 2. The Kier molecular flexibility index (Phi) is 8.73. The van der Waals surface area contributed by atoms with Gasteiger partial charge in [-0.2, -0.15) is 5.10 Å². The Balaban J connectivity index is 0.000000817. The summed E-state index contributed by atoms with van der Waals surface area (Å²) in [6.45, 7) is 5.76. The first-order chi connectivity index (χ1) is 13.2. The lowest BCUT2D eigenvalue weighted by molar-refractivity contribution is -0.122. The summed E-state index contributed by atoms with van der Waals surface area (Å²) in [7, 11) is 1.68. The summed E-state index contributed by atoms with van der Waals surface area (Å²) in [6, 6.07) is 8.59. The van der Waals surface area contributed by atoms with E-state index >= 15 is 0 Å². The normalized spacial score (nSPS) is 15.5. The number of benzene rings is 1. The van der Waals surface area contributed by atoms with Crippen molar-refractivity contribution >= 4 is 6.47 Å². The number of carboxylic acid groups (broad SMARTS) is 1. The summed E-state index contributed by atoms with van der Waals surface area (Å²) in [5.74, 6) is 2.68. The van der Waals surface area contributed by atoms with Crippen LogP contribution in [0.4, 0.5) is 0 Å². The number of methoxy groups -OCH3 is 1. The highest BCUT2D eigenvalue weighted by molar-refractivity contribution is 5.32. The number of nitrogens with zero attached hydrogens (tertiary/aromatic N) is 3. The molecule has 3 rings (SSSR count). The van der Waals surface area contributed by atoms with E-state index in [9.17, 15) is 0 Å². The van der Waals surface area contributed by atoms with Crippen molar-refractivity contribution in [1.29, 1.82) is 0 Å². The molecular weight excluding hydrogens is 348 g/mol. The molecule has 1 unspecified atom stereocenters. The highest BCUT2D eigenvalue weighted by Gasteiger charge is 2.17. The predicted octanol–water partition coefficient (Wildman–Crippen LogP) is 1.76. The Bertz CT molecular complexity index is 669. The van der Waals surface area contributed by atoms with Crippen molar-refractivity contribution in [1.82, 2.24) is 20.1 Å². The van der Waals surface area contributed by atoms with Crippen molar-refractivity contribution in [2.24, 2.45) is 0 Å². The Labute approximate surface area is 159 Å². The van der Waals surface area contributed by atoms with E-state index in [0.717, 1.165) is 63.0 Å². The van der Waals surface area contributed by atoms with Gasteiger partial charge in [0.1, 0.15) is 11.6 Å². The van der Waals surface area contributed by atoms with Crippen LogP contribution in [-0.4, -0.2) is 71.1 Å². The molecule has 0 bridgehead atoms. The maximum Gasteiger partial charge on any atom is 0.290 e. The molecule has 2 aromatic rings. The third kappa shape index (κ3) is 6.99. The molecule has 2 N–H and O–H groups in total. The van der Waals surface area contributed by atoms with Crippen LogP contribution >= 0.6 is 0 Å². The summed E-state index contributed by atoms with van der Waals surface area (Å²) in [5, 5.41) is 14.3. The van der Waals surface area contributed by atoms with Crippen LogP contribution in [0.25, 0.3) is 0 Å². The predicted molar refractivity (Wildman–Crippen MR) is 101 cm³/mol. The molecule has 0 amide bonds. The zero-order valence-electron chi connectivity index (χ0n) is 15.9. The van der Waals surface area contributed by atoms with Crippen LogP contribution in [0.15, 0.2) is 24.3 Å². The first-order valence-electron chi connectivity index (χ1n) is 9.09. The molecule has 0 radical (unpaired) electrons. The second-order valence-corrected chi connectivity index (χ2v) is 6.36. The number of aryl methyl sites for hydroxylation is 1. The Morgan fingerprint density at radius 1 is 1.33 bits per heavy atom. The van der Waals surface area contributed by atoms with Gasteiger partial charge in [-0.3, -0.25) is 14.8 Å². The van der Waals surface area contributed by atoms with Gasteiger partial charge in [-0.25, -0.2) is 4.98 Å². The van der Waals surface area contributed by atoms with E-state index in [1.165, 1.54) is 5.56 Å². The van der Waals surface area contributed by atoms with Gasteiger partial charge in [0.05, 0.1) is 20.3 Å². The van der Waals surface area contributed by atoms with Gasteiger partial charge in [-0.15, -0.1) is 0 Å². The number of rotatable bonds is 7. The molecule has 1 aliphatic heterocycles. The smallest absolute Gasteiger partial charge is 0.290 e. The van der Waals surface area contributed by atoms with Gasteiger partial charge in [0.2, 0.25) is 0 Å². The van der Waals surface area contributed by atoms with Crippen molar-refractivity contribution < 1.29 is 19.4 Å². The van der Waals surface area contributed by atoms with E-state index in [4.69, 9.17) is 19.4 Å². The maximum absolute atomic E-state index is 8.36. The lowest BCUT2D eigenvalue weighted by atomic mass is 10.1. The molecule has 1 aromatic carbocycles. The van der Waals surface area contributed by atoms with E-state index in [2.05, 4.69) is 39.1 Å². The molecule has 1 saturated heterocycles. The summed E-state index contributed by atoms with van der Waals surface area (Å²) in [6.07, 6.45) is 2.73. The molecule has 8 heteroatoms. The third-order valence-corrected chi connectivity index (χ3v) is 4.56. The minimum atomic E-state index is -0.250. The largest absolute Gasteiger partial charge is 0.497 e. The minimum absolute atomic E-state index is 0.250. The molecule has 0 aliphatic carbocycles. The molecule has 27 heavy (non-hydrogen) atoms. The first-order valence-corrected chi connectivity index (χ1v) is 9.09. The van der Waals surface area contributed by atoms with Crippen LogP contribution in [0.2, 0.25) is 0 Å². The van der Waals surface area contributed by atoms with Crippen LogP contribution < -0.4 is 4.74 Å². The van der Waals surface area contributed by atoms with E-state index < -0.39 is 0 Å². The summed E-state index contributed by atoms with van der Waals surface area (Å²) in [4.78, 5) is 15.5. The van der Waals surface area contributed by atoms with Crippen LogP contribution in [0.3, 0.4) is 0 Å². The summed E-state index contributed by atoms with van der Waals surface area (Å²) >= 11 is 0. The zero-order chi connectivity index (χ0) is 19.5. The Morgan fingerprint density at radius 2 is 2.00 bits per heavy atom. The van der Waals surface area contributed by atoms with Crippen LogP contribution in [0, 0.1) is 0 Å². The molecule has 1 fully saturated rings. The molecule has 1 aliphatic rings. The highest BCUT2D eigenvalue weighted by atomic mass is 16.5. The van der Waals surface area contributed by atoms with Gasteiger partial charge in [-0.1, -0.05) is 12.1 Å². The number of ether oxygens (including phenoxy) is 2. The van der Waals surface area contributed by atoms with E-state index in [1.54, 1.807) is 7.11 Å². The quantitative estimate of drug-likeness (QED) is 0.710.